The van der Waals surface area contributed by atoms with E-state index in [2.05, 4.69) is 37.4 Å². The lowest BCUT2D eigenvalue weighted by Crippen LogP contribution is -2.34. The Morgan fingerprint density at radius 1 is 1.00 bits per heavy atom. The third-order valence-corrected chi connectivity index (χ3v) is 3.75. The molecule has 3 heteroatoms. The Labute approximate surface area is 118 Å². The predicted octanol–water partition coefficient (Wildman–Crippen LogP) is 3.69. The van der Waals surface area contributed by atoms with Crippen LogP contribution in [0.15, 0.2) is 36.4 Å². The van der Waals surface area contributed by atoms with Crippen LogP contribution in [0.3, 0.4) is 0 Å². The standard InChI is InChI=1S/C17H17NO2/c1-10-4-5-13(8-11(10)2)14-6-7-16-15(9-14)18-17(19)12(3)20-16/h4-9,12H,1-3H3,(H,18,19). The van der Waals surface area contributed by atoms with E-state index in [1.807, 2.05) is 18.2 Å². The van der Waals surface area contributed by atoms with Gasteiger partial charge in [-0.3, -0.25) is 4.79 Å². The highest BCUT2D eigenvalue weighted by atomic mass is 16.5. The van der Waals surface area contributed by atoms with Crippen molar-refractivity contribution in [3.8, 4) is 16.9 Å². The minimum Gasteiger partial charge on any atom is -0.479 e. The van der Waals surface area contributed by atoms with Crippen LogP contribution in [-0.4, -0.2) is 12.0 Å². The summed E-state index contributed by atoms with van der Waals surface area (Å²) in [7, 11) is 0. The molecule has 1 unspecified atom stereocenters. The molecule has 1 heterocycles. The Balaban J connectivity index is 2.02. The van der Waals surface area contributed by atoms with Gasteiger partial charge >= 0.3 is 0 Å². The Hall–Kier alpha value is -2.29. The molecule has 3 rings (SSSR count). The molecule has 1 N–H and O–H groups in total. The molecular formula is C17H17NO2. The molecule has 3 nitrogen and oxygen atoms in total. The van der Waals surface area contributed by atoms with Crippen LogP contribution in [0.5, 0.6) is 5.75 Å². The highest BCUT2D eigenvalue weighted by molar-refractivity contribution is 5.98. The van der Waals surface area contributed by atoms with Crippen molar-refractivity contribution in [3.05, 3.63) is 47.5 Å². The number of anilines is 1. The maximum atomic E-state index is 11.7. The zero-order chi connectivity index (χ0) is 14.3. The third-order valence-electron chi connectivity index (χ3n) is 3.75. The molecule has 0 bridgehead atoms. The number of benzene rings is 2. The lowest BCUT2D eigenvalue weighted by Gasteiger charge is -2.23. The van der Waals surface area contributed by atoms with E-state index in [1.54, 1.807) is 6.92 Å². The average Bonchev–Trinajstić information content (AvgIpc) is 2.43. The van der Waals surface area contributed by atoms with E-state index >= 15 is 0 Å². The average molecular weight is 267 g/mol. The molecule has 1 amide bonds. The van der Waals surface area contributed by atoms with Gasteiger partial charge in [0.2, 0.25) is 0 Å². The van der Waals surface area contributed by atoms with Crippen molar-refractivity contribution in [2.45, 2.75) is 26.9 Å². The van der Waals surface area contributed by atoms with E-state index in [4.69, 9.17) is 4.74 Å². The van der Waals surface area contributed by atoms with Crippen molar-refractivity contribution in [2.75, 3.05) is 5.32 Å². The van der Waals surface area contributed by atoms with E-state index in [-0.39, 0.29) is 5.91 Å². The normalized spacial score (nSPS) is 17.1. The molecule has 0 spiro atoms. The molecule has 1 atom stereocenters. The zero-order valence-corrected chi connectivity index (χ0v) is 11.9. The molecule has 2 aromatic rings. The van der Waals surface area contributed by atoms with Crippen LogP contribution in [0.1, 0.15) is 18.1 Å². The number of rotatable bonds is 1. The minimum absolute atomic E-state index is 0.102. The molecule has 1 aliphatic heterocycles. The van der Waals surface area contributed by atoms with E-state index < -0.39 is 6.10 Å². The van der Waals surface area contributed by atoms with Gasteiger partial charge in [0.1, 0.15) is 5.75 Å². The quantitative estimate of drug-likeness (QED) is 0.855. The number of hydrogen-bond acceptors (Lipinski definition) is 2. The first-order chi connectivity index (χ1) is 9.54. The predicted molar refractivity (Wildman–Crippen MR) is 80.1 cm³/mol. The number of carbonyl (C=O) groups excluding carboxylic acids is 1. The highest BCUT2D eigenvalue weighted by Gasteiger charge is 2.23. The molecular weight excluding hydrogens is 250 g/mol. The molecule has 2 aromatic carbocycles. The van der Waals surface area contributed by atoms with Crippen molar-refractivity contribution < 1.29 is 9.53 Å². The van der Waals surface area contributed by atoms with Crippen LogP contribution in [0.2, 0.25) is 0 Å². The van der Waals surface area contributed by atoms with Crippen molar-refractivity contribution in [2.24, 2.45) is 0 Å². The van der Waals surface area contributed by atoms with Crippen LogP contribution in [0, 0.1) is 13.8 Å². The number of fused-ring (bicyclic) bond motifs is 1. The van der Waals surface area contributed by atoms with E-state index in [1.165, 1.54) is 11.1 Å². The van der Waals surface area contributed by atoms with Crippen LogP contribution in [0.4, 0.5) is 5.69 Å². The van der Waals surface area contributed by atoms with Gasteiger partial charge in [-0.1, -0.05) is 24.3 Å². The number of aryl methyl sites for hydroxylation is 2. The summed E-state index contributed by atoms with van der Waals surface area (Å²) in [5.41, 5.74) is 5.49. The van der Waals surface area contributed by atoms with Crippen molar-refractivity contribution in [1.29, 1.82) is 0 Å². The number of nitrogens with one attached hydrogen (secondary N) is 1. The fourth-order valence-corrected chi connectivity index (χ4v) is 2.31. The van der Waals surface area contributed by atoms with Gasteiger partial charge in [0.25, 0.3) is 5.91 Å². The van der Waals surface area contributed by atoms with Gasteiger partial charge in [0, 0.05) is 0 Å². The van der Waals surface area contributed by atoms with Crippen molar-refractivity contribution >= 4 is 11.6 Å². The first kappa shape index (κ1) is 12.7. The largest absolute Gasteiger partial charge is 0.479 e. The van der Waals surface area contributed by atoms with Gasteiger partial charge in [-0.15, -0.1) is 0 Å². The maximum Gasteiger partial charge on any atom is 0.265 e. The summed E-state index contributed by atoms with van der Waals surface area (Å²) in [4.78, 5) is 11.7. The summed E-state index contributed by atoms with van der Waals surface area (Å²) >= 11 is 0. The van der Waals surface area contributed by atoms with E-state index in [9.17, 15) is 4.79 Å². The van der Waals surface area contributed by atoms with E-state index in [0.717, 1.165) is 22.6 Å². The SMILES string of the molecule is Cc1ccc(-c2ccc3c(c2)NC(=O)C(C)O3)cc1C. The molecule has 0 saturated carbocycles. The second kappa shape index (κ2) is 4.67. The van der Waals surface area contributed by atoms with Gasteiger partial charge in [0.05, 0.1) is 5.69 Å². The molecule has 0 saturated heterocycles. The highest BCUT2D eigenvalue weighted by Crippen LogP contribution is 2.34. The monoisotopic (exact) mass is 267 g/mol. The van der Waals surface area contributed by atoms with Crippen molar-refractivity contribution in [3.63, 3.8) is 0 Å². The van der Waals surface area contributed by atoms with Gasteiger partial charge in [-0.2, -0.15) is 0 Å². The third kappa shape index (κ3) is 2.16. The first-order valence-electron chi connectivity index (χ1n) is 6.74. The lowest BCUT2D eigenvalue weighted by atomic mass is 9.99. The summed E-state index contributed by atoms with van der Waals surface area (Å²) in [6, 6.07) is 12.3. The summed E-state index contributed by atoms with van der Waals surface area (Å²) in [5.74, 6) is 0.624. The summed E-state index contributed by atoms with van der Waals surface area (Å²) in [5, 5.41) is 2.88. The first-order valence-corrected chi connectivity index (χ1v) is 6.74. The Bertz CT molecular complexity index is 691. The molecule has 0 aromatic heterocycles. The lowest BCUT2D eigenvalue weighted by molar-refractivity contribution is -0.122. The number of carbonyl (C=O) groups is 1. The summed E-state index contributed by atoms with van der Waals surface area (Å²) < 4.78 is 5.57. The summed E-state index contributed by atoms with van der Waals surface area (Å²) in [6.07, 6.45) is -0.435. The topological polar surface area (TPSA) is 38.3 Å². The molecule has 0 aliphatic carbocycles. The number of hydrogen-bond donors (Lipinski definition) is 1. The molecule has 102 valence electrons. The van der Waals surface area contributed by atoms with Crippen LogP contribution < -0.4 is 10.1 Å². The number of amides is 1. The van der Waals surface area contributed by atoms with Gasteiger partial charge in [-0.25, -0.2) is 0 Å². The molecule has 0 radical (unpaired) electrons. The fourth-order valence-electron chi connectivity index (χ4n) is 2.31. The molecule has 0 fully saturated rings. The van der Waals surface area contributed by atoms with Gasteiger partial charge in [0.15, 0.2) is 6.10 Å². The molecule has 1 aliphatic rings. The van der Waals surface area contributed by atoms with Crippen molar-refractivity contribution in [1.82, 2.24) is 0 Å². The zero-order valence-electron chi connectivity index (χ0n) is 11.9. The van der Waals surface area contributed by atoms with Crippen LogP contribution in [-0.2, 0) is 4.79 Å². The van der Waals surface area contributed by atoms with Crippen LogP contribution in [0.25, 0.3) is 11.1 Å². The van der Waals surface area contributed by atoms with Gasteiger partial charge in [-0.05, 0) is 55.2 Å². The van der Waals surface area contributed by atoms with E-state index in [0.29, 0.717) is 0 Å². The Morgan fingerprint density at radius 2 is 1.70 bits per heavy atom. The van der Waals surface area contributed by atoms with Gasteiger partial charge < -0.3 is 10.1 Å². The maximum absolute atomic E-state index is 11.7. The van der Waals surface area contributed by atoms with Crippen LogP contribution >= 0.6 is 0 Å². The Kier molecular flexibility index (Phi) is 2.97. The molecule has 20 heavy (non-hydrogen) atoms. The second-order valence-electron chi connectivity index (χ2n) is 5.26. The Morgan fingerprint density at radius 3 is 2.45 bits per heavy atom. The minimum atomic E-state index is -0.435. The summed E-state index contributed by atoms with van der Waals surface area (Å²) in [6.45, 7) is 5.95. The smallest absolute Gasteiger partial charge is 0.265 e. The fraction of sp³-hybridized carbons (Fsp3) is 0.235. The number of ether oxygens (including phenoxy) is 1. The second-order valence-corrected chi connectivity index (χ2v) is 5.26.